The number of nitrogens with zero attached hydrogens (tertiary/aromatic N) is 1. The van der Waals surface area contributed by atoms with Crippen LogP contribution in [0.4, 0.5) is 0 Å². The molecule has 6 heteroatoms. The molecule has 2 fully saturated rings. The number of hydrogen-bond donors (Lipinski definition) is 1. The first-order chi connectivity index (χ1) is 9.56. The van der Waals surface area contributed by atoms with E-state index in [1.807, 2.05) is 0 Å². The summed E-state index contributed by atoms with van der Waals surface area (Å²) in [5, 5.41) is 0. The first-order valence-corrected chi connectivity index (χ1v) is 8.39. The van der Waals surface area contributed by atoms with Crippen LogP contribution in [0.5, 0.6) is 5.75 Å². The standard InChI is InChI=1S/C14H20N2O3S/c1-19-13-5-3-10(8-15)7-14(13)20(17,18)16-9-11-2-4-12(16)6-11/h3,5,7,11-12H,2,4,6,8-9,15H2,1H3. The van der Waals surface area contributed by atoms with Crippen molar-refractivity contribution in [2.75, 3.05) is 13.7 Å². The highest BCUT2D eigenvalue weighted by molar-refractivity contribution is 7.89. The minimum absolute atomic E-state index is 0.163. The van der Waals surface area contributed by atoms with E-state index < -0.39 is 10.0 Å². The first kappa shape index (κ1) is 13.9. The molecule has 2 aliphatic rings. The molecule has 2 N–H and O–H groups in total. The smallest absolute Gasteiger partial charge is 0.247 e. The maximum Gasteiger partial charge on any atom is 0.247 e. The monoisotopic (exact) mass is 296 g/mol. The summed E-state index contributed by atoms with van der Waals surface area (Å²) in [6.07, 6.45) is 3.12. The van der Waals surface area contributed by atoms with Crippen molar-refractivity contribution in [1.29, 1.82) is 0 Å². The third-order valence-corrected chi connectivity index (χ3v) is 6.35. The van der Waals surface area contributed by atoms with Crippen molar-refractivity contribution >= 4 is 10.0 Å². The summed E-state index contributed by atoms with van der Waals surface area (Å²) in [5.41, 5.74) is 6.42. The van der Waals surface area contributed by atoms with Crippen LogP contribution in [0, 0.1) is 5.92 Å². The van der Waals surface area contributed by atoms with E-state index >= 15 is 0 Å². The second-order valence-corrected chi connectivity index (χ2v) is 7.46. The Morgan fingerprint density at radius 2 is 2.20 bits per heavy atom. The normalized spacial score (nSPS) is 26.1. The number of methoxy groups -OCH3 is 1. The van der Waals surface area contributed by atoms with Crippen LogP contribution in [0.1, 0.15) is 24.8 Å². The summed E-state index contributed by atoms with van der Waals surface area (Å²) in [6.45, 7) is 0.960. The minimum atomic E-state index is -3.49. The van der Waals surface area contributed by atoms with Gasteiger partial charge in [0.2, 0.25) is 10.0 Å². The van der Waals surface area contributed by atoms with Gasteiger partial charge in [-0.05, 0) is 42.9 Å². The highest BCUT2D eigenvalue weighted by atomic mass is 32.2. The van der Waals surface area contributed by atoms with Gasteiger partial charge in [0.05, 0.1) is 7.11 Å². The van der Waals surface area contributed by atoms with Crippen molar-refractivity contribution in [2.24, 2.45) is 11.7 Å². The Kier molecular flexibility index (Phi) is 3.48. The molecule has 5 nitrogen and oxygen atoms in total. The lowest BCUT2D eigenvalue weighted by atomic mass is 10.1. The van der Waals surface area contributed by atoms with Gasteiger partial charge in [0, 0.05) is 19.1 Å². The summed E-state index contributed by atoms with van der Waals surface area (Å²) >= 11 is 0. The SMILES string of the molecule is COc1ccc(CN)cc1S(=O)(=O)N1CC2CCC1C2. The van der Waals surface area contributed by atoms with Crippen LogP contribution in [-0.4, -0.2) is 32.4 Å². The lowest BCUT2D eigenvalue weighted by Crippen LogP contribution is -2.37. The Morgan fingerprint density at radius 1 is 1.40 bits per heavy atom. The molecule has 1 saturated carbocycles. The van der Waals surface area contributed by atoms with E-state index in [1.54, 1.807) is 22.5 Å². The summed E-state index contributed by atoms with van der Waals surface area (Å²) < 4.78 is 32.6. The van der Waals surface area contributed by atoms with Crippen LogP contribution >= 0.6 is 0 Å². The molecule has 1 aliphatic heterocycles. The summed E-state index contributed by atoms with van der Waals surface area (Å²) in [7, 11) is -2.00. The molecule has 3 rings (SSSR count). The van der Waals surface area contributed by atoms with Crippen molar-refractivity contribution in [1.82, 2.24) is 4.31 Å². The van der Waals surface area contributed by atoms with Gasteiger partial charge >= 0.3 is 0 Å². The zero-order valence-corrected chi connectivity index (χ0v) is 12.4. The fraction of sp³-hybridized carbons (Fsp3) is 0.571. The number of rotatable bonds is 4. The number of ether oxygens (including phenoxy) is 1. The van der Waals surface area contributed by atoms with Gasteiger partial charge in [-0.15, -0.1) is 0 Å². The predicted molar refractivity (Wildman–Crippen MR) is 75.9 cm³/mol. The van der Waals surface area contributed by atoms with Crippen LogP contribution in [0.25, 0.3) is 0 Å². The molecule has 0 amide bonds. The molecule has 0 spiro atoms. The largest absolute Gasteiger partial charge is 0.495 e. The maximum atomic E-state index is 12.9. The van der Waals surface area contributed by atoms with E-state index in [0.29, 0.717) is 24.8 Å². The Bertz CT molecular complexity index is 615. The Hall–Kier alpha value is -1.11. The molecule has 20 heavy (non-hydrogen) atoms. The Labute approximate surface area is 119 Å². The molecule has 2 bridgehead atoms. The number of piperidine rings is 1. The summed E-state index contributed by atoms with van der Waals surface area (Å²) in [6, 6.07) is 5.29. The van der Waals surface area contributed by atoms with E-state index in [4.69, 9.17) is 10.5 Å². The number of nitrogens with two attached hydrogens (primary N) is 1. The van der Waals surface area contributed by atoms with Gasteiger partial charge in [0.25, 0.3) is 0 Å². The summed E-state index contributed by atoms with van der Waals surface area (Å²) in [5.74, 6) is 0.920. The van der Waals surface area contributed by atoms with Crippen molar-refractivity contribution in [2.45, 2.75) is 36.7 Å². The molecule has 0 aromatic heterocycles. The van der Waals surface area contributed by atoms with E-state index in [0.717, 1.165) is 24.8 Å². The topological polar surface area (TPSA) is 72.6 Å². The maximum absolute atomic E-state index is 12.9. The molecule has 2 unspecified atom stereocenters. The molecular formula is C14H20N2O3S. The van der Waals surface area contributed by atoms with E-state index in [9.17, 15) is 8.42 Å². The van der Waals surface area contributed by atoms with Crippen molar-refractivity contribution in [3.63, 3.8) is 0 Å². The number of sulfonamides is 1. The lowest BCUT2D eigenvalue weighted by Gasteiger charge is -2.27. The second kappa shape index (κ2) is 5.02. The first-order valence-electron chi connectivity index (χ1n) is 6.95. The van der Waals surface area contributed by atoms with Gasteiger partial charge in [0.15, 0.2) is 0 Å². The van der Waals surface area contributed by atoms with Gasteiger partial charge in [0.1, 0.15) is 10.6 Å². The van der Waals surface area contributed by atoms with Crippen LogP contribution in [0.3, 0.4) is 0 Å². The predicted octanol–water partition coefficient (Wildman–Crippen LogP) is 1.33. The number of fused-ring (bicyclic) bond motifs is 2. The fourth-order valence-corrected chi connectivity index (χ4v) is 5.30. The molecule has 110 valence electrons. The third-order valence-electron chi connectivity index (χ3n) is 4.41. The molecule has 1 aromatic rings. The van der Waals surface area contributed by atoms with E-state index in [-0.39, 0.29) is 10.9 Å². The molecule has 1 aromatic carbocycles. The van der Waals surface area contributed by atoms with Gasteiger partial charge < -0.3 is 10.5 Å². The van der Waals surface area contributed by atoms with Crippen molar-refractivity contribution in [3.05, 3.63) is 23.8 Å². The van der Waals surface area contributed by atoms with Gasteiger partial charge in [-0.3, -0.25) is 0 Å². The quantitative estimate of drug-likeness (QED) is 0.909. The van der Waals surface area contributed by atoms with E-state index in [1.165, 1.54) is 7.11 Å². The average Bonchev–Trinajstić information content (AvgIpc) is 3.09. The zero-order valence-electron chi connectivity index (χ0n) is 11.6. The van der Waals surface area contributed by atoms with Crippen LogP contribution in [0.2, 0.25) is 0 Å². The molecular weight excluding hydrogens is 276 g/mol. The van der Waals surface area contributed by atoms with E-state index in [2.05, 4.69) is 0 Å². The molecule has 1 heterocycles. The molecule has 1 aliphatic carbocycles. The molecule has 1 saturated heterocycles. The Balaban J connectivity index is 2.02. The fourth-order valence-electron chi connectivity index (χ4n) is 3.35. The highest BCUT2D eigenvalue weighted by Gasteiger charge is 2.45. The van der Waals surface area contributed by atoms with Crippen LogP contribution < -0.4 is 10.5 Å². The highest BCUT2D eigenvalue weighted by Crippen LogP contribution is 2.41. The van der Waals surface area contributed by atoms with Crippen molar-refractivity contribution in [3.8, 4) is 5.75 Å². The number of hydrogen-bond acceptors (Lipinski definition) is 4. The minimum Gasteiger partial charge on any atom is -0.495 e. The van der Waals surface area contributed by atoms with Gasteiger partial charge in [-0.25, -0.2) is 8.42 Å². The average molecular weight is 296 g/mol. The second-order valence-electron chi connectivity index (χ2n) is 5.60. The zero-order chi connectivity index (χ0) is 14.3. The van der Waals surface area contributed by atoms with Gasteiger partial charge in [-0.1, -0.05) is 6.07 Å². The van der Waals surface area contributed by atoms with Crippen LogP contribution in [-0.2, 0) is 16.6 Å². The van der Waals surface area contributed by atoms with Crippen LogP contribution in [0.15, 0.2) is 23.1 Å². The Morgan fingerprint density at radius 3 is 2.75 bits per heavy atom. The summed E-state index contributed by atoms with van der Waals surface area (Å²) in [4.78, 5) is 0.246. The van der Waals surface area contributed by atoms with Gasteiger partial charge in [-0.2, -0.15) is 4.31 Å². The molecule has 2 atom stereocenters. The third kappa shape index (κ3) is 2.12. The number of benzene rings is 1. The lowest BCUT2D eigenvalue weighted by molar-refractivity contribution is 0.330. The van der Waals surface area contributed by atoms with Crippen molar-refractivity contribution < 1.29 is 13.2 Å². The molecule has 0 radical (unpaired) electrons.